The molecule has 0 aromatic rings. The van der Waals surface area contributed by atoms with E-state index in [1.807, 2.05) is 0 Å². The van der Waals surface area contributed by atoms with E-state index in [4.69, 9.17) is 20.1 Å². The molecule has 0 radical (unpaired) electrons. The molecule has 10 nitrogen and oxygen atoms in total. The van der Waals surface area contributed by atoms with Crippen molar-refractivity contribution in [3.8, 4) is 0 Å². The van der Waals surface area contributed by atoms with Gasteiger partial charge in [0.2, 0.25) is 0 Å². The first-order valence-corrected chi connectivity index (χ1v) is 8.21. The third-order valence-corrected chi connectivity index (χ3v) is 3.12. The van der Waals surface area contributed by atoms with Crippen LogP contribution in [0.4, 0.5) is 9.59 Å². The quantitative estimate of drug-likeness (QED) is 0.398. The minimum atomic E-state index is -0.640. The molecular weight excluding hydrogens is 334 g/mol. The number of nitrogens with two attached hydrogens (primary N) is 1. The molecule has 0 aliphatic carbocycles. The molecule has 25 heavy (non-hydrogen) atoms. The Balaban J connectivity index is 4.33. The van der Waals surface area contributed by atoms with Gasteiger partial charge in [-0.2, -0.15) is 0 Å². The van der Waals surface area contributed by atoms with Gasteiger partial charge in [-0.15, -0.1) is 0 Å². The average molecular weight is 363 g/mol. The Hall–Kier alpha value is -1.91. The molecule has 0 aromatic heterocycles. The Kier molecular flexibility index (Phi) is 13.3. The number of ketones is 1. The summed E-state index contributed by atoms with van der Waals surface area (Å²) in [7, 11) is 0. The van der Waals surface area contributed by atoms with Gasteiger partial charge < -0.3 is 24.8 Å². The Labute approximate surface area is 147 Å². The predicted octanol–water partition coefficient (Wildman–Crippen LogP) is 0.349. The number of Topliss-reactive ketones (excluding diaryl/α,β-unsaturated/α-hetero) is 1. The molecule has 10 heteroatoms. The Morgan fingerprint density at radius 1 is 1.00 bits per heavy atom. The van der Waals surface area contributed by atoms with Gasteiger partial charge in [0.15, 0.2) is 5.78 Å². The maximum absolute atomic E-state index is 11.6. The smallest absolute Gasteiger partial charge is 0.407 e. The van der Waals surface area contributed by atoms with E-state index in [-0.39, 0.29) is 38.1 Å². The van der Waals surface area contributed by atoms with Crippen LogP contribution in [0.1, 0.15) is 27.2 Å². The van der Waals surface area contributed by atoms with Gasteiger partial charge in [-0.3, -0.25) is 9.63 Å². The molecule has 4 N–H and O–H groups in total. The van der Waals surface area contributed by atoms with Crippen molar-refractivity contribution in [3.63, 3.8) is 0 Å². The predicted molar refractivity (Wildman–Crippen MR) is 88.7 cm³/mol. The largest absolute Gasteiger partial charge is 0.447 e. The van der Waals surface area contributed by atoms with Crippen molar-refractivity contribution in [3.05, 3.63) is 0 Å². The summed E-state index contributed by atoms with van der Waals surface area (Å²) in [4.78, 5) is 38.6. The minimum Gasteiger partial charge on any atom is -0.447 e. The summed E-state index contributed by atoms with van der Waals surface area (Å²) in [6.45, 7) is 6.01. The van der Waals surface area contributed by atoms with Gasteiger partial charge in [0.1, 0.15) is 25.9 Å². The number of nitrogens with one attached hydrogen (secondary N) is 2. The van der Waals surface area contributed by atoms with Gasteiger partial charge in [-0.1, -0.05) is 6.92 Å². The summed E-state index contributed by atoms with van der Waals surface area (Å²) >= 11 is 0. The average Bonchev–Trinajstić information content (AvgIpc) is 2.57. The Morgan fingerprint density at radius 2 is 1.52 bits per heavy atom. The lowest BCUT2D eigenvalue weighted by atomic mass is 10.0. The van der Waals surface area contributed by atoms with Crippen molar-refractivity contribution < 1.29 is 33.4 Å². The minimum absolute atomic E-state index is 0.0839. The number of ether oxygens (including phenoxy) is 3. The van der Waals surface area contributed by atoms with E-state index in [2.05, 4.69) is 15.5 Å². The second-order valence-corrected chi connectivity index (χ2v) is 5.22. The van der Waals surface area contributed by atoms with Crippen LogP contribution in [-0.2, 0) is 23.8 Å². The first-order valence-electron chi connectivity index (χ1n) is 8.21. The summed E-state index contributed by atoms with van der Waals surface area (Å²) in [6.07, 6.45) is -1.38. The molecular formula is C15H29N3O7. The van der Waals surface area contributed by atoms with Crippen molar-refractivity contribution >= 4 is 18.0 Å². The lowest BCUT2D eigenvalue weighted by molar-refractivity contribution is -0.128. The Bertz CT molecular complexity index is 385. The van der Waals surface area contributed by atoms with E-state index in [0.717, 1.165) is 0 Å². The SMILES string of the molecule is CCNC(=O)OCC(COC(=O)NCC)OCCC(C)C(=O)CON. The third-order valence-electron chi connectivity index (χ3n) is 3.12. The Morgan fingerprint density at radius 3 is 1.96 bits per heavy atom. The highest BCUT2D eigenvalue weighted by atomic mass is 16.6. The highest BCUT2D eigenvalue weighted by molar-refractivity contribution is 5.81. The molecule has 0 rings (SSSR count). The van der Waals surface area contributed by atoms with Crippen LogP contribution in [0, 0.1) is 5.92 Å². The van der Waals surface area contributed by atoms with Gasteiger partial charge in [-0.05, 0) is 20.3 Å². The van der Waals surface area contributed by atoms with Crippen LogP contribution in [-0.4, -0.2) is 63.6 Å². The standard InChI is InChI=1S/C15H29N3O7/c1-4-17-14(20)23-8-12(9-24-15(21)18-5-2)22-7-6-11(3)13(19)10-25-16/h11-12H,4-10,16H2,1-3H3,(H,17,20)(H,18,21). The van der Waals surface area contributed by atoms with E-state index >= 15 is 0 Å². The molecule has 146 valence electrons. The number of carbonyl (C=O) groups is 3. The molecule has 0 saturated heterocycles. The topological polar surface area (TPSA) is 138 Å². The number of rotatable bonds is 13. The normalized spacial score (nSPS) is 11.7. The van der Waals surface area contributed by atoms with Crippen LogP contribution in [0.2, 0.25) is 0 Å². The van der Waals surface area contributed by atoms with Crippen LogP contribution >= 0.6 is 0 Å². The number of alkyl carbamates (subject to hydrolysis) is 2. The van der Waals surface area contributed by atoms with Gasteiger partial charge in [0.25, 0.3) is 0 Å². The maximum Gasteiger partial charge on any atom is 0.407 e. The van der Waals surface area contributed by atoms with Gasteiger partial charge in [-0.25, -0.2) is 15.5 Å². The van der Waals surface area contributed by atoms with Crippen molar-refractivity contribution in [1.29, 1.82) is 0 Å². The highest BCUT2D eigenvalue weighted by Gasteiger charge is 2.17. The lowest BCUT2D eigenvalue weighted by Crippen LogP contribution is -2.34. The zero-order chi connectivity index (χ0) is 19.1. The molecule has 0 fully saturated rings. The summed E-state index contributed by atoms with van der Waals surface area (Å²) < 4.78 is 15.5. The monoisotopic (exact) mass is 363 g/mol. The molecule has 1 atom stereocenters. The van der Waals surface area contributed by atoms with Gasteiger partial charge in [0, 0.05) is 25.6 Å². The summed E-state index contributed by atoms with van der Waals surface area (Å²) in [5, 5.41) is 4.96. The second kappa shape index (κ2) is 14.4. The fraction of sp³-hybridized carbons (Fsp3) is 0.800. The molecule has 0 aromatic carbocycles. The van der Waals surface area contributed by atoms with E-state index in [9.17, 15) is 14.4 Å². The van der Waals surface area contributed by atoms with Crippen LogP contribution in [0.25, 0.3) is 0 Å². The first-order chi connectivity index (χ1) is 11.9. The summed E-state index contributed by atoms with van der Waals surface area (Å²) in [6, 6.07) is 0. The van der Waals surface area contributed by atoms with Crippen molar-refractivity contribution in [1.82, 2.24) is 10.6 Å². The molecule has 0 bridgehead atoms. The fourth-order valence-corrected chi connectivity index (χ4v) is 1.67. The van der Waals surface area contributed by atoms with E-state index in [1.54, 1.807) is 20.8 Å². The van der Waals surface area contributed by atoms with E-state index in [0.29, 0.717) is 19.5 Å². The number of carbonyl (C=O) groups excluding carboxylic acids is 3. The van der Waals surface area contributed by atoms with Crippen LogP contribution < -0.4 is 16.5 Å². The zero-order valence-corrected chi connectivity index (χ0v) is 15.0. The summed E-state index contributed by atoms with van der Waals surface area (Å²) in [5.41, 5.74) is 0. The molecule has 2 amide bonds. The van der Waals surface area contributed by atoms with Crippen LogP contribution in [0.15, 0.2) is 0 Å². The summed E-state index contributed by atoms with van der Waals surface area (Å²) in [5.74, 6) is 4.44. The van der Waals surface area contributed by atoms with Crippen molar-refractivity contribution in [2.75, 3.05) is 39.5 Å². The number of amides is 2. The van der Waals surface area contributed by atoms with Crippen LogP contribution in [0.5, 0.6) is 0 Å². The second-order valence-electron chi connectivity index (χ2n) is 5.22. The third kappa shape index (κ3) is 12.1. The van der Waals surface area contributed by atoms with Gasteiger partial charge >= 0.3 is 12.2 Å². The van der Waals surface area contributed by atoms with Crippen molar-refractivity contribution in [2.45, 2.75) is 33.3 Å². The van der Waals surface area contributed by atoms with Crippen LogP contribution in [0.3, 0.4) is 0 Å². The van der Waals surface area contributed by atoms with E-state index in [1.165, 1.54) is 0 Å². The molecule has 1 unspecified atom stereocenters. The van der Waals surface area contributed by atoms with Crippen molar-refractivity contribution in [2.24, 2.45) is 11.8 Å². The maximum atomic E-state index is 11.6. The van der Waals surface area contributed by atoms with E-state index < -0.39 is 18.3 Å². The number of hydrogen-bond acceptors (Lipinski definition) is 8. The lowest BCUT2D eigenvalue weighted by Gasteiger charge is -2.19. The molecule has 0 aliphatic heterocycles. The molecule has 0 aliphatic rings. The molecule has 0 saturated carbocycles. The zero-order valence-electron chi connectivity index (χ0n) is 15.0. The highest BCUT2D eigenvalue weighted by Crippen LogP contribution is 2.06. The first kappa shape index (κ1) is 23.1. The molecule has 0 heterocycles. The van der Waals surface area contributed by atoms with Gasteiger partial charge in [0.05, 0.1) is 0 Å². The number of hydrogen-bond donors (Lipinski definition) is 3. The molecule has 0 spiro atoms. The fourth-order valence-electron chi connectivity index (χ4n) is 1.67.